The molecule has 0 heterocycles. The first-order valence-corrected chi connectivity index (χ1v) is 6.60. The van der Waals surface area contributed by atoms with E-state index in [0.717, 1.165) is 0 Å². The van der Waals surface area contributed by atoms with Gasteiger partial charge in [0, 0.05) is 0 Å². The molecule has 0 aromatic heterocycles. The molecule has 0 atom stereocenters. The van der Waals surface area contributed by atoms with Crippen molar-refractivity contribution < 1.29 is 23.8 Å². The molecule has 0 amide bonds. The highest BCUT2D eigenvalue weighted by molar-refractivity contribution is 5.91. The molecular formula is C16H21NO5. The Kier molecular flexibility index (Phi) is 6.98. The molecule has 22 heavy (non-hydrogen) atoms. The van der Waals surface area contributed by atoms with Crippen molar-refractivity contribution in [3.63, 3.8) is 0 Å². The number of methoxy groups -OCH3 is 3. The highest BCUT2D eigenvalue weighted by Gasteiger charge is 2.19. The molecular weight excluding hydrogens is 286 g/mol. The molecule has 0 fully saturated rings. The quantitative estimate of drug-likeness (QED) is 0.516. The lowest BCUT2D eigenvalue weighted by atomic mass is 10.2. The summed E-state index contributed by atoms with van der Waals surface area (Å²) < 4.78 is 15.6. The summed E-state index contributed by atoms with van der Waals surface area (Å²) in [4.78, 5) is 17.5. The number of hydroxylamine groups is 2. The Bertz CT molecular complexity index is 506. The number of carbonyl (C=O) groups is 1. The van der Waals surface area contributed by atoms with E-state index in [1.165, 1.54) is 38.5 Å². The first-order chi connectivity index (χ1) is 10.6. The number of rotatable bonds is 9. The van der Waals surface area contributed by atoms with Crippen molar-refractivity contribution >= 4 is 5.97 Å². The third kappa shape index (κ3) is 4.26. The number of ether oxygens (including phenoxy) is 3. The summed E-state index contributed by atoms with van der Waals surface area (Å²) in [6.45, 7) is 8.01. The van der Waals surface area contributed by atoms with E-state index in [4.69, 9.17) is 19.0 Å². The van der Waals surface area contributed by atoms with E-state index in [2.05, 4.69) is 13.2 Å². The normalized spacial score (nSPS) is 10.0. The number of carbonyl (C=O) groups excluding carboxylic acids is 1. The van der Waals surface area contributed by atoms with Crippen LogP contribution in [-0.2, 0) is 4.84 Å². The molecule has 0 bridgehead atoms. The van der Waals surface area contributed by atoms with Gasteiger partial charge in [-0.05, 0) is 12.1 Å². The summed E-state index contributed by atoms with van der Waals surface area (Å²) in [5.74, 6) is 0.638. The second-order valence-electron chi connectivity index (χ2n) is 4.22. The van der Waals surface area contributed by atoms with E-state index >= 15 is 0 Å². The van der Waals surface area contributed by atoms with Gasteiger partial charge >= 0.3 is 5.97 Å². The van der Waals surface area contributed by atoms with Gasteiger partial charge in [-0.1, -0.05) is 12.2 Å². The maximum atomic E-state index is 12.3. The van der Waals surface area contributed by atoms with E-state index in [0.29, 0.717) is 30.3 Å². The standard InChI is InChI=1S/C16H21NO5/c1-6-8-17(9-7-2)22-16(18)12-10-13(19-3)15(21-5)14(11-12)20-4/h6-7,10-11H,1-2,8-9H2,3-5H3. The fourth-order valence-electron chi connectivity index (χ4n) is 1.81. The summed E-state index contributed by atoms with van der Waals surface area (Å²) in [6.07, 6.45) is 3.26. The van der Waals surface area contributed by atoms with Crippen LogP contribution in [0.25, 0.3) is 0 Å². The monoisotopic (exact) mass is 307 g/mol. The van der Waals surface area contributed by atoms with Gasteiger partial charge in [0.1, 0.15) is 0 Å². The largest absolute Gasteiger partial charge is 0.493 e. The second kappa shape index (κ2) is 8.74. The number of hydrogen-bond acceptors (Lipinski definition) is 6. The molecule has 0 spiro atoms. The molecule has 0 saturated heterocycles. The molecule has 6 nitrogen and oxygen atoms in total. The lowest BCUT2D eigenvalue weighted by Crippen LogP contribution is -2.27. The summed E-state index contributed by atoms with van der Waals surface area (Å²) in [5, 5.41) is 1.44. The first kappa shape index (κ1) is 17.6. The van der Waals surface area contributed by atoms with E-state index in [1.807, 2.05) is 0 Å². The highest BCUT2D eigenvalue weighted by atomic mass is 16.7. The Morgan fingerprint density at radius 3 is 1.91 bits per heavy atom. The molecule has 0 unspecified atom stereocenters. The van der Waals surface area contributed by atoms with E-state index in [-0.39, 0.29) is 5.56 Å². The van der Waals surface area contributed by atoms with Crippen molar-refractivity contribution in [1.82, 2.24) is 5.06 Å². The molecule has 0 N–H and O–H groups in total. The van der Waals surface area contributed by atoms with Crippen molar-refractivity contribution in [2.45, 2.75) is 0 Å². The molecule has 0 aliphatic carbocycles. The Labute approximate surface area is 130 Å². The third-order valence-corrected chi connectivity index (χ3v) is 2.78. The van der Waals surface area contributed by atoms with Crippen LogP contribution in [0.4, 0.5) is 0 Å². The van der Waals surface area contributed by atoms with Crippen LogP contribution in [0.2, 0.25) is 0 Å². The minimum absolute atomic E-state index is 0.285. The molecule has 1 aromatic rings. The molecule has 0 radical (unpaired) electrons. The predicted molar refractivity (Wildman–Crippen MR) is 83.5 cm³/mol. The lowest BCUT2D eigenvalue weighted by Gasteiger charge is -2.19. The number of benzene rings is 1. The van der Waals surface area contributed by atoms with Crippen LogP contribution in [0.3, 0.4) is 0 Å². The van der Waals surface area contributed by atoms with Crippen LogP contribution in [0, 0.1) is 0 Å². The van der Waals surface area contributed by atoms with Crippen LogP contribution in [0.5, 0.6) is 17.2 Å². The molecule has 0 saturated carbocycles. The van der Waals surface area contributed by atoms with Crippen molar-refractivity contribution in [3.8, 4) is 17.2 Å². The topological polar surface area (TPSA) is 57.2 Å². The van der Waals surface area contributed by atoms with Crippen LogP contribution in [0.1, 0.15) is 10.4 Å². The molecule has 120 valence electrons. The fourth-order valence-corrected chi connectivity index (χ4v) is 1.81. The Balaban J connectivity index is 3.06. The van der Waals surface area contributed by atoms with Crippen molar-refractivity contribution in [2.24, 2.45) is 0 Å². The minimum Gasteiger partial charge on any atom is -0.493 e. The van der Waals surface area contributed by atoms with Gasteiger partial charge in [0.05, 0.1) is 40.0 Å². The van der Waals surface area contributed by atoms with Gasteiger partial charge in [-0.25, -0.2) is 4.79 Å². The first-order valence-electron chi connectivity index (χ1n) is 6.60. The van der Waals surface area contributed by atoms with E-state index in [1.54, 1.807) is 12.2 Å². The average molecular weight is 307 g/mol. The number of nitrogens with zero attached hydrogens (tertiary/aromatic N) is 1. The van der Waals surface area contributed by atoms with Gasteiger partial charge < -0.3 is 19.0 Å². The van der Waals surface area contributed by atoms with Gasteiger partial charge in [-0.3, -0.25) is 0 Å². The smallest absolute Gasteiger partial charge is 0.357 e. The minimum atomic E-state index is -0.539. The maximum absolute atomic E-state index is 12.3. The average Bonchev–Trinajstić information content (AvgIpc) is 2.53. The van der Waals surface area contributed by atoms with Crippen molar-refractivity contribution in [1.29, 1.82) is 0 Å². The molecule has 0 aliphatic heterocycles. The zero-order valence-corrected chi connectivity index (χ0v) is 13.1. The van der Waals surface area contributed by atoms with Crippen LogP contribution in [-0.4, -0.2) is 45.5 Å². The Morgan fingerprint density at radius 2 is 1.55 bits per heavy atom. The van der Waals surface area contributed by atoms with Crippen LogP contribution >= 0.6 is 0 Å². The van der Waals surface area contributed by atoms with Gasteiger partial charge in [0.2, 0.25) is 5.75 Å². The molecule has 6 heteroatoms. The summed E-state index contributed by atoms with van der Waals surface area (Å²) >= 11 is 0. The van der Waals surface area contributed by atoms with E-state index < -0.39 is 5.97 Å². The Morgan fingerprint density at radius 1 is 1.05 bits per heavy atom. The lowest BCUT2D eigenvalue weighted by molar-refractivity contribution is -0.0936. The predicted octanol–water partition coefficient (Wildman–Crippen LogP) is 2.46. The highest BCUT2D eigenvalue weighted by Crippen LogP contribution is 2.38. The van der Waals surface area contributed by atoms with Gasteiger partial charge in [0.15, 0.2) is 11.5 Å². The zero-order valence-electron chi connectivity index (χ0n) is 13.1. The summed E-state index contributed by atoms with van der Waals surface area (Å²) in [7, 11) is 4.45. The fraction of sp³-hybridized carbons (Fsp3) is 0.312. The van der Waals surface area contributed by atoms with Gasteiger partial charge in [-0.15, -0.1) is 18.2 Å². The second-order valence-corrected chi connectivity index (χ2v) is 4.22. The molecule has 1 aromatic carbocycles. The molecule has 1 rings (SSSR count). The SMILES string of the molecule is C=CCN(CC=C)OC(=O)c1cc(OC)c(OC)c(OC)c1. The van der Waals surface area contributed by atoms with Crippen LogP contribution in [0.15, 0.2) is 37.4 Å². The molecule has 0 aliphatic rings. The van der Waals surface area contributed by atoms with E-state index in [9.17, 15) is 4.79 Å². The number of hydrogen-bond donors (Lipinski definition) is 0. The van der Waals surface area contributed by atoms with Crippen molar-refractivity contribution in [3.05, 3.63) is 43.0 Å². The van der Waals surface area contributed by atoms with Gasteiger partial charge in [0.25, 0.3) is 0 Å². The van der Waals surface area contributed by atoms with Crippen LogP contribution < -0.4 is 14.2 Å². The zero-order chi connectivity index (χ0) is 16.5. The summed E-state index contributed by atoms with van der Waals surface area (Å²) in [5.41, 5.74) is 0.285. The van der Waals surface area contributed by atoms with Crippen molar-refractivity contribution in [2.75, 3.05) is 34.4 Å². The maximum Gasteiger partial charge on any atom is 0.357 e. The van der Waals surface area contributed by atoms with Gasteiger partial charge in [-0.2, -0.15) is 0 Å². The third-order valence-electron chi connectivity index (χ3n) is 2.78. The Hall–Kier alpha value is -2.47. The summed E-state index contributed by atoms with van der Waals surface area (Å²) in [6, 6.07) is 3.06.